The van der Waals surface area contributed by atoms with Crippen molar-refractivity contribution in [3.05, 3.63) is 22.8 Å². The average Bonchev–Trinajstić information content (AvgIpc) is 2.29. The maximum Gasteiger partial charge on any atom is 0.131 e. The predicted molar refractivity (Wildman–Crippen MR) is 63.7 cm³/mol. The van der Waals surface area contributed by atoms with Gasteiger partial charge in [0.15, 0.2) is 0 Å². The lowest BCUT2D eigenvalue weighted by Gasteiger charge is -2.20. The number of rotatable bonds is 2. The largest absolute Gasteiger partial charge is 0.381 e. The van der Waals surface area contributed by atoms with Crippen molar-refractivity contribution in [3.8, 4) is 6.07 Å². The number of thioether (sulfide) groups is 1. The second kappa shape index (κ2) is 5.53. The molecule has 0 radical (unpaired) electrons. The first-order chi connectivity index (χ1) is 7.78. The summed E-state index contributed by atoms with van der Waals surface area (Å²) in [6.07, 6.45) is 2.06. The SMILES string of the molecule is N#Cc1cc(Cl)nc(SC2CCOCC2)c1. The van der Waals surface area contributed by atoms with Crippen molar-refractivity contribution in [2.24, 2.45) is 0 Å². The van der Waals surface area contributed by atoms with Crippen LogP contribution in [-0.2, 0) is 4.74 Å². The molecule has 0 unspecified atom stereocenters. The smallest absolute Gasteiger partial charge is 0.131 e. The molecule has 84 valence electrons. The first kappa shape index (κ1) is 11.7. The minimum Gasteiger partial charge on any atom is -0.381 e. The molecule has 0 bridgehead atoms. The van der Waals surface area contributed by atoms with Crippen LogP contribution in [0.15, 0.2) is 17.2 Å². The summed E-state index contributed by atoms with van der Waals surface area (Å²) in [5, 5.41) is 10.6. The molecule has 1 aromatic heterocycles. The second-order valence-corrected chi connectivity index (χ2v) is 5.27. The molecule has 1 aliphatic rings. The topological polar surface area (TPSA) is 45.9 Å². The normalized spacial score (nSPS) is 17.0. The number of nitriles is 1. The summed E-state index contributed by atoms with van der Waals surface area (Å²) in [5.74, 6) is 0. The molecule has 1 aromatic rings. The van der Waals surface area contributed by atoms with Gasteiger partial charge < -0.3 is 4.74 Å². The first-order valence-electron chi connectivity index (χ1n) is 5.10. The van der Waals surface area contributed by atoms with Gasteiger partial charge in [0.05, 0.1) is 16.7 Å². The summed E-state index contributed by atoms with van der Waals surface area (Å²) in [7, 11) is 0. The lowest BCUT2D eigenvalue weighted by molar-refractivity contribution is 0.1000. The zero-order valence-electron chi connectivity index (χ0n) is 8.65. The van der Waals surface area contributed by atoms with E-state index in [1.54, 1.807) is 23.9 Å². The van der Waals surface area contributed by atoms with Gasteiger partial charge in [-0.2, -0.15) is 5.26 Å². The Labute approximate surface area is 104 Å². The zero-order valence-corrected chi connectivity index (χ0v) is 10.2. The van der Waals surface area contributed by atoms with Gasteiger partial charge in [0.2, 0.25) is 0 Å². The molecule has 1 aliphatic heterocycles. The van der Waals surface area contributed by atoms with Crippen molar-refractivity contribution in [3.63, 3.8) is 0 Å². The molecule has 2 heterocycles. The fourth-order valence-corrected chi connectivity index (χ4v) is 2.94. The van der Waals surface area contributed by atoms with E-state index >= 15 is 0 Å². The van der Waals surface area contributed by atoms with Crippen LogP contribution in [0.3, 0.4) is 0 Å². The Morgan fingerprint density at radius 2 is 2.19 bits per heavy atom. The summed E-state index contributed by atoms with van der Waals surface area (Å²) in [5.41, 5.74) is 0.564. The minimum absolute atomic E-state index is 0.383. The number of aromatic nitrogens is 1. The summed E-state index contributed by atoms with van der Waals surface area (Å²) in [6.45, 7) is 1.62. The Kier molecular flexibility index (Phi) is 4.05. The van der Waals surface area contributed by atoms with Crippen molar-refractivity contribution in [1.82, 2.24) is 4.98 Å². The van der Waals surface area contributed by atoms with E-state index in [4.69, 9.17) is 21.6 Å². The molecule has 0 spiro atoms. The molecular formula is C11H11ClN2OS. The molecule has 0 saturated carbocycles. The van der Waals surface area contributed by atoms with Gasteiger partial charge in [0.1, 0.15) is 5.15 Å². The van der Waals surface area contributed by atoms with E-state index in [0.29, 0.717) is 16.0 Å². The fourth-order valence-electron chi connectivity index (χ4n) is 1.56. The molecule has 1 saturated heterocycles. The molecule has 16 heavy (non-hydrogen) atoms. The van der Waals surface area contributed by atoms with Crippen LogP contribution in [0.2, 0.25) is 5.15 Å². The number of halogens is 1. The van der Waals surface area contributed by atoms with Crippen LogP contribution in [-0.4, -0.2) is 23.4 Å². The van der Waals surface area contributed by atoms with Gasteiger partial charge in [0, 0.05) is 18.5 Å². The summed E-state index contributed by atoms with van der Waals surface area (Å²) < 4.78 is 5.29. The third kappa shape index (κ3) is 3.11. The molecule has 0 aliphatic carbocycles. The Bertz CT molecular complexity index is 413. The maximum atomic E-state index is 8.83. The highest BCUT2D eigenvalue weighted by molar-refractivity contribution is 7.99. The highest BCUT2D eigenvalue weighted by atomic mass is 35.5. The zero-order chi connectivity index (χ0) is 11.4. The fraction of sp³-hybridized carbons (Fsp3) is 0.455. The van der Waals surface area contributed by atoms with E-state index in [0.717, 1.165) is 31.1 Å². The molecule has 5 heteroatoms. The Balaban J connectivity index is 2.08. The van der Waals surface area contributed by atoms with Gasteiger partial charge in [-0.1, -0.05) is 11.6 Å². The van der Waals surface area contributed by atoms with Crippen LogP contribution in [0.5, 0.6) is 0 Å². The van der Waals surface area contributed by atoms with E-state index in [-0.39, 0.29) is 0 Å². The van der Waals surface area contributed by atoms with Crippen molar-refractivity contribution in [1.29, 1.82) is 5.26 Å². The Morgan fingerprint density at radius 1 is 1.44 bits per heavy atom. The van der Waals surface area contributed by atoms with E-state index in [1.165, 1.54) is 0 Å². The molecule has 2 rings (SSSR count). The quantitative estimate of drug-likeness (QED) is 0.762. The van der Waals surface area contributed by atoms with E-state index in [2.05, 4.69) is 11.1 Å². The minimum atomic E-state index is 0.383. The molecular weight excluding hydrogens is 244 g/mol. The van der Waals surface area contributed by atoms with Gasteiger partial charge in [-0.05, 0) is 25.0 Å². The van der Waals surface area contributed by atoms with Gasteiger partial charge in [-0.25, -0.2) is 4.98 Å². The van der Waals surface area contributed by atoms with Crippen molar-refractivity contribution >= 4 is 23.4 Å². The molecule has 0 N–H and O–H groups in total. The third-order valence-corrected chi connectivity index (χ3v) is 3.80. The number of nitrogens with zero attached hydrogens (tertiary/aromatic N) is 2. The standard InChI is InChI=1S/C11H11ClN2OS/c12-10-5-8(7-13)6-11(14-10)16-9-1-3-15-4-2-9/h5-6,9H,1-4H2. The van der Waals surface area contributed by atoms with E-state index in [1.807, 2.05) is 0 Å². The van der Waals surface area contributed by atoms with Crippen LogP contribution < -0.4 is 0 Å². The summed E-state index contributed by atoms with van der Waals surface area (Å²) in [6, 6.07) is 5.45. The summed E-state index contributed by atoms with van der Waals surface area (Å²) in [4.78, 5) is 4.21. The van der Waals surface area contributed by atoms with Crippen LogP contribution in [0.1, 0.15) is 18.4 Å². The predicted octanol–water partition coefficient (Wildman–Crippen LogP) is 2.88. The van der Waals surface area contributed by atoms with Crippen LogP contribution in [0.25, 0.3) is 0 Å². The molecule has 1 fully saturated rings. The molecule has 3 nitrogen and oxygen atoms in total. The summed E-state index contributed by atoms with van der Waals surface area (Å²) >= 11 is 7.53. The highest BCUT2D eigenvalue weighted by Gasteiger charge is 2.16. The van der Waals surface area contributed by atoms with Gasteiger partial charge in [0.25, 0.3) is 0 Å². The molecule has 0 aromatic carbocycles. The van der Waals surface area contributed by atoms with Gasteiger partial charge in [-0.3, -0.25) is 0 Å². The maximum absolute atomic E-state index is 8.83. The number of pyridine rings is 1. The van der Waals surface area contributed by atoms with Gasteiger partial charge in [-0.15, -0.1) is 11.8 Å². The lowest BCUT2D eigenvalue weighted by atomic mass is 10.2. The highest BCUT2D eigenvalue weighted by Crippen LogP contribution is 2.29. The van der Waals surface area contributed by atoms with Crippen molar-refractivity contribution in [2.45, 2.75) is 23.1 Å². The monoisotopic (exact) mass is 254 g/mol. The van der Waals surface area contributed by atoms with Gasteiger partial charge >= 0.3 is 0 Å². The number of hydrogen-bond acceptors (Lipinski definition) is 4. The van der Waals surface area contributed by atoms with E-state index < -0.39 is 0 Å². The Hall–Kier alpha value is -0.760. The number of ether oxygens (including phenoxy) is 1. The van der Waals surface area contributed by atoms with Crippen molar-refractivity contribution in [2.75, 3.05) is 13.2 Å². The second-order valence-electron chi connectivity index (χ2n) is 3.56. The lowest BCUT2D eigenvalue weighted by Crippen LogP contribution is -2.17. The number of hydrogen-bond donors (Lipinski definition) is 0. The third-order valence-electron chi connectivity index (χ3n) is 2.36. The van der Waals surface area contributed by atoms with Crippen molar-refractivity contribution < 1.29 is 4.74 Å². The van der Waals surface area contributed by atoms with E-state index in [9.17, 15) is 0 Å². The Morgan fingerprint density at radius 3 is 2.88 bits per heavy atom. The average molecular weight is 255 g/mol. The van der Waals surface area contributed by atoms with Crippen LogP contribution in [0.4, 0.5) is 0 Å². The van der Waals surface area contributed by atoms with Crippen LogP contribution in [0, 0.1) is 11.3 Å². The molecule has 0 atom stereocenters. The molecule has 0 amide bonds. The first-order valence-corrected chi connectivity index (χ1v) is 6.36. The van der Waals surface area contributed by atoms with Crippen LogP contribution >= 0.6 is 23.4 Å².